The van der Waals surface area contributed by atoms with Gasteiger partial charge in [-0.15, -0.1) is 0 Å². The monoisotopic (exact) mass is 423 g/mol. The van der Waals surface area contributed by atoms with Gasteiger partial charge in [0.15, 0.2) is 0 Å². The van der Waals surface area contributed by atoms with Crippen LogP contribution in [-0.4, -0.2) is 59.9 Å². The van der Waals surface area contributed by atoms with E-state index in [1.54, 1.807) is 12.1 Å². The molecule has 4 rings (SSSR count). The largest absolute Gasteiger partial charge is 0.339 e. The quantitative estimate of drug-likeness (QED) is 0.681. The predicted octanol–water partition coefficient (Wildman–Crippen LogP) is 3.14. The topological polar surface area (TPSA) is 70.6 Å². The van der Waals surface area contributed by atoms with Gasteiger partial charge in [0.2, 0.25) is 15.9 Å². The Morgan fingerprint density at radius 2 is 1.79 bits per heavy atom. The normalized spacial score (nSPS) is 26.2. The third kappa shape index (κ3) is 4.24. The van der Waals surface area contributed by atoms with Crippen molar-refractivity contribution in [2.24, 2.45) is 5.92 Å². The number of sulfonamides is 1. The van der Waals surface area contributed by atoms with E-state index in [-0.39, 0.29) is 10.8 Å². The molecule has 8 heteroatoms. The first-order chi connectivity index (χ1) is 13.6. The van der Waals surface area contributed by atoms with Crippen LogP contribution in [0.25, 0.3) is 0 Å². The van der Waals surface area contributed by atoms with Crippen molar-refractivity contribution in [1.82, 2.24) is 14.2 Å². The number of amides is 1. The van der Waals surface area contributed by atoms with E-state index in [0.717, 1.165) is 32.2 Å². The van der Waals surface area contributed by atoms with E-state index in [9.17, 15) is 13.2 Å². The third-order valence-corrected chi connectivity index (χ3v) is 9.13. The second-order valence-corrected chi connectivity index (χ2v) is 11.0. The Labute approximate surface area is 172 Å². The minimum atomic E-state index is -3.43. The van der Waals surface area contributed by atoms with Gasteiger partial charge >= 0.3 is 0 Å². The highest BCUT2D eigenvalue weighted by Gasteiger charge is 2.35. The second-order valence-electron chi connectivity index (χ2n) is 8.07. The van der Waals surface area contributed by atoms with Crippen molar-refractivity contribution < 1.29 is 13.2 Å². The van der Waals surface area contributed by atoms with E-state index >= 15 is 0 Å². The SMILES string of the molecule is O=C(CSc1ccc(S(=O)(=O)N2CCCC2)cn1)N1CCCC2CCCCC21. The van der Waals surface area contributed by atoms with Gasteiger partial charge in [0.1, 0.15) is 4.90 Å². The Bertz CT molecular complexity index is 789. The molecule has 1 aromatic rings. The summed E-state index contributed by atoms with van der Waals surface area (Å²) >= 11 is 1.40. The van der Waals surface area contributed by atoms with E-state index < -0.39 is 10.0 Å². The Kier molecular flexibility index (Phi) is 6.27. The van der Waals surface area contributed by atoms with Crippen LogP contribution in [0.2, 0.25) is 0 Å². The van der Waals surface area contributed by atoms with Gasteiger partial charge in [0.05, 0.1) is 10.8 Å². The fraction of sp³-hybridized carbons (Fsp3) is 0.700. The molecular formula is C20H29N3O3S2. The molecule has 2 atom stereocenters. The summed E-state index contributed by atoms with van der Waals surface area (Å²) in [4.78, 5) is 19.4. The van der Waals surface area contributed by atoms with Crippen LogP contribution in [0.5, 0.6) is 0 Å². The summed E-state index contributed by atoms with van der Waals surface area (Å²) in [6.07, 6.45) is 10.6. The molecule has 2 unspecified atom stereocenters. The Hall–Kier alpha value is -1.12. The van der Waals surface area contributed by atoms with Gasteiger partial charge in [-0.05, 0) is 56.6 Å². The summed E-state index contributed by atoms with van der Waals surface area (Å²) in [5.41, 5.74) is 0. The number of likely N-dealkylation sites (tertiary alicyclic amines) is 1. The maximum Gasteiger partial charge on any atom is 0.244 e. The Morgan fingerprint density at radius 3 is 2.54 bits per heavy atom. The third-order valence-electron chi connectivity index (χ3n) is 6.32. The molecule has 28 heavy (non-hydrogen) atoms. The smallest absolute Gasteiger partial charge is 0.244 e. The lowest BCUT2D eigenvalue weighted by Crippen LogP contribution is -2.50. The van der Waals surface area contributed by atoms with Gasteiger partial charge in [0.25, 0.3) is 0 Å². The van der Waals surface area contributed by atoms with Gasteiger partial charge in [0, 0.05) is 31.9 Å². The molecule has 1 amide bonds. The van der Waals surface area contributed by atoms with E-state index in [2.05, 4.69) is 9.88 Å². The first-order valence-electron chi connectivity index (χ1n) is 10.4. The molecule has 6 nitrogen and oxygen atoms in total. The van der Waals surface area contributed by atoms with Crippen molar-refractivity contribution >= 4 is 27.7 Å². The molecule has 3 aliphatic rings. The van der Waals surface area contributed by atoms with Crippen LogP contribution in [0.1, 0.15) is 51.4 Å². The van der Waals surface area contributed by atoms with Gasteiger partial charge < -0.3 is 4.90 Å². The molecule has 0 spiro atoms. The van der Waals surface area contributed by atoms with Gasteiger partial charge in [-0.2, -0.15) is 4.31 Å². The number of carbonyl (C=O) groups excluding carboxylic acids is 1. The standard InChI is InChI=1S/C20H29N3O3S2/c24-20(23-13-5-7-16-6-1-2-8-18(16)23)15-27-19-10-9-17(14-21-19)28(25,26)22-11-3-4-12-22/h9-10,14,16,18H,1-8,11-13,15H2. The zero-order valence-electron chi connectivity index (χ0n) is 16.3. The molecule has 1 saturated carbocycles. The Balaban J connectivity index is 1.35. The van der Waals surface area contributed by atoms with E-state index in [1.807, 2.05) is 0 Å². The van der Waals surface area contributed by atoms with Crippen molar-refractivity contribution in [3.63, 3.8) is 0 Å². The summed E-state index contributed by atoms with van der Waals surface area (Å²) in [6.45, 7) is 2.05. The Morgan fingerprint density at radius 1 is 1.04 bits per heavy atom. The molecule has 0 bridgehead atoms. The van der Waals surface area contributed by atoms with Crippen LogP contribution < -0.4 is 0 Å². The lowest BCUT2D eigenvalue weighted by molar-refractivity contribution is -0.134. The minimum Gasteiger partial charge on any atom is -0.339 e. The first-order valence-corrected chi connectivity index (χ1v) is 12.9. The average Bonchev–Trinajstić information content (AvgIpc) is 3.28. The number of pyridine rings is 1. The fourth-order valence-corrected chi connectivity index (χ4v) is 7.03. The lowest BCUT2D eigenvalue weighted by atomic mass is 9.78. The van der Waals surface area contributed by atoms with Crippen molar-refractivity contribution in [3.8, 4) is 0 Å². The molecule has 3 fully saturated rings. The molecule has 3 heterocycles. The van der Waals surface area contributed by atoms with Crippen LogP contribution >= 0.6 is 11.8 Å². The van der Waals surface area contributed by atoms with Crippen LogP contribution in [-0.2, 0) is 14.8 Å². The van der Waals surface area contributed by atoms with E-state index in [4.69, 9.17) is 0 Å². The summed E-state index contributed by atoms with van der Waals surface area (Å²) in [6, 6.07) is 3.77. The summed E-state index contributed by atoms with van der Waals surface area (Å²) in [5, 5.41) is 0.700. The number of hydrogen-bond acceptors (Lipinski definition) is 5. The second kappa shape index (κ2) is 8.71. The number of nitrogens with zero attached hydrogens (tertiary/aromatic N) is 3. The molecule has 1 aromatic heterocycles. The maximum absolute atomic E-state index is 12.8. The maximum atomic E-state index is 12.8. The summed E-state index contributed by atoms with van der Waals surface area (Å²) in [7, 11) is -3.43. The number of hydrogen-bond donors (Lipinski definition) is 0. The number of rotatable bonds is 5. The molecule has 0 radical (unpaired) electrons. The van der Waals surface area contributed by atoms with Gasteiger partial charge in [-0.3, -0.25) is 4.79 Å². The molecule has 154 valence electrons. The van der Waals surface area contributed by atoms with Crippen LogP contribution in [0.4, 0.5) is 0 Å². The van der Waals surface area contributed by atoms with Crippen LogP contribution in [0.3, 0.4) is 0 Å². The van der Waals surface area contributed by atoms with Crippen molar-refractivity contribution in [1.29, 1.82) is 0 Å². The molecule has 2 aliphatic heterocycles. The van der Waals surface area contributed by atoms with E-state index in [0.29, 0.717) is 35.8 Å². The highest BCUT2D eigenvalue weighted by atomic mass is 32.2. The average molecular weight is 424 g/mol. The first kappa shape index (κ1) is 20.2. The molecule has 1 aliphatic carbocycles. The molecule has 0 N–H and O–H groups in total. The predicted molar refractivity (Wildman–Crippen MR) is 110 cm³/mol. The van der Waals surface area contributed by atoms with E-state index in [1.165, 1.54) is 47.9 Å². The number of thioether (sulfide) groups is 1. The number of carbonyl (C=O) groups is 1. The minimum absolute atomic E-state index is 0.192. The van der Waals surface area contributed by atoms with Gasteiger partial charge in [-0.1, -0.05) is 24.6 Å². The van der Waals surface area contributed by atoms with Crippen molar-refractivity contribution in [3.05, 3.63) is 18.3 Å². The number of fused-ring (bicyclic) bond motifs is 1. The van der Waals surface area contributed by atoms with Crippen LogP contribution in [0, 0.1) is 5.92 Å². The van der Waals surface area contributed by atoms with Crippen molar-refractivity contribution in [2.75, 3.05) is 25.4 Å². The molecular weight excluding hydrogens is 394 g/mol. The zero-order valence-corrected chi connectivity index (χ0v) is 17.9. The van der Waals surface area contributed by atoms with Gasteiger partial charge in [-0.25, -0.2) is 13.4 Å². The zero-order chi connectivity index (χ0) is 19.6. The summed E-state index contributed by atoms with van der Waals surface area (Å²) < 4.78 is 26.7. The number of piperidine rings is 1. The number of aromatic nitrogens is 1. The van der Waals surface area contributed by atoms with Crippen LogP contribution in [0.15, 0.2) is 28.3 Å². The highest BCUT2D eigenvalue weighted by molar-refractivity contribution is 7.99. The highest BCUT2D eigenvalue weighted by Crippen LogP contribution is 2.35. The molecule has 0 aromatic carbocycles. The van der Waals surface area contributed by atoms with Crippen molar-refractivity contribution in [2.45, 2.75) is 67.3 Å². The fourth-order valence-electron chi connectivity index (χ4n) is 4.84. The molecule has 2 saturated heterocycles. The summed E-state index contributed by atoms with van der Waals surface area (Å²) in [5.74, 6) is 1.25. The lowest BCUT2D eigenvalue weighted by Gasteiger charge is -2.44.